The predicted molar refractivity (Wildman–Crippen MR) is 108 cm³/mol. The fourth-order valence-electron chi connectivity index (χ4n) is 2.86. The van der Waals surface area contributed by atoms with Crippen LogP contribution in [0.4, 0.5) is 4.79 Å². The predicted octanol–water partition coefficient (Wildman–Crippen LogP) is 4.00. The lowest BCUT2D eigenvalue weighted by Crippen LogP contribution is -2.55. The van der Waals surface area contributed by atoms with Crippen LogP contribution in [-0.2, 0) is 4.74 Å². The zero-order valence-electron chi connectivity index (χ0n) is 15.6. The number of rotatable bonds is 5. The van der Waals surface area contributed by atoms with Gasteiger partial charge in [-0.2, -0.15) is 0 Å². The van der Waals surface area contributed by atoms with Crippen molar-refractivity contribution in [1.29, 1.82) is 0 Å². The highest BCUT2D eigenvalue weighted by Gasteiger charge is 2.30. The summed E-state index contributed by atoms with van der Waals surface area (Å²) in [6.45, 7) is 12.0. The van der Waals surface area contributed by atoms with E-state index in [1.54, 1.807) is 0 Å². The zero-order chi connectivity index (χ0) is 18.4. The van der Waals surface area contributed by atoms with Gasteiger partial charge < -0.3 is 14.4 Å². The molecule has 1 aliphatic rings. The van der Waals surface area contributed by atoms with Crippen molar-refractivity contribution >= 4 is 28.7 Å². The van der Waals surface area contributed by atoms with Crippen molar-refractivity contribution < 1.29 is 14.3 Å². The van der Waals surface area contributed by atoms with Gasteiger partial charge in [0.1, 0.15) is 11.4 Å². The van der Waals surface area contributed by atoms with Crippen molar-refractivity contribution in [3.63, 3.8) is 0 Å². The van der Waals surface area contributed by atoms with Crippen LogP contribution < -0.4 is 4.74 Å². The molecule has 5 nitrogen and oxygen atoms in total. The molecule has 0 unspecified atom stereocenters. The normalized spacial score (nSPS) is 18.9. The highest BCUT2D eigenvalue weighted by Crippen LogP contribution is 2.17. The maximum atomic E-state index is 12.2. The molecule has 1 aromatic rings. The molecule has 1 aromatic carbocycles. The Morgan fingerprint density at radius 2 is 2.08 bits per heavy atom. The Morgan fingerprint density at radius 1 is 1.32 bits per heavy atom. The van der Waals surface area contributed by atoms with Crippen LogP contribution in [0.5, 0.6) is 5.75 Å². The number of nitrogens with zero attached hydrogens (tertiary/aromatic N) is 2. The molecule has 2 rings (SSSR count). The molecule has 1 aliphatic heterocycles. The van der Waals surface area contributed by atoms with E-state index >= 15 is 0 Å². The van der Waals surface area contributed by atoms with Gasteiger partial charge in [-0.25, -0.2) is 4.79 Å². The minimum Gasteiger partial charge on any atom is -0.494 e. The molecule has 1 heterocycles. The second-order valence-electron chi connectivity index (χ2n) is 7.48. The number of ether oxygens (including phenoxy) is 2. The molecule has 1 atom stereocenters. The second-order valence-corrected chi connectivity index (χ2v) is 8.73. The van der Waals surface area contributed by atoms with Gasteiger partial charge >= 0.3 is 6.09 Å². The van der Waals surface area contributed by atoms with E-state index in [1.165, 1.54) is 3.57 Å². The van der Waals surface area contributed by atoms with Gasteiger partial charge in [0, 0.05) is 35.8 Å². The van der Waals surface area contributed by atoms with Gasteiger partial charge in [-0.3, -0.25) is 4.90 Å². The molecule has 0 saturated carbocycles. The van der Waals surface area contributed by atoms with Gasteiger partial charge in [0.25, 0.3) is 0 Å². The number of hydrogen-bond donors (Lipinski definition) is 0. The number of amides is 1. The fourth-order valence-corrected chi connectivity index (χ4v) is 3.38. The van der Waals surface area contributed by atoms with Crippen LogP contribution in [0, 0.1) is 3.57 Å². The third-order valence-electron chi connectivity index (χ3n) is 4.02. The summed E-state index contributed by atoms with van der Waals surface area (Å²) in [5.74, 6) is 0.926. The smallest absolute Gasteiger partial charge is 0.410 e. The van der Waals surface area contributed by atoms with Crippen molar-refractivity contribution in [1.82, 2.24) is 9.80 Å². The van der Waals surface area contributed by atoms with E-state index in [2.05, 4.69) is 40.5 Å². The average Bonchev–Trinajstić information content (AvgIpc) is 2.50. The number of benzene rings is 1. The standard InChI is InChI=1S/C19H29IN2O3/c1-15-14-21(10-11-22(15)18(23)25-19(2,3)4)9-6-12-24-17-8-5-7-16(20)13-17/h5,7-8,13,15H,6,9-12,14H2,1-4H3/t15-/m0/s1. The van der Waals surface area contributed by atoms with Gasteiger partial charge in [0.15, 0.2) is 0 Å². The fraction of sp³-hybridized carbons (Fsp3) is 0.632. The van der Waals surface area contributed by atoms with Crippen LogP contribution in [0.15, 0.2) is 24.3 Å². The Balaban J connectivity index is 1.69. The summed E-state index contributed by atoms with van der Waals surface area (Å²) in [4.78, 5) is 16.5. The van der Waals surface area contributed by atoms with Crippen LogP contribution in [-0.4, -0.2) is 60.3 Å². The quantitative estimate of drug-likeness (QED) is 0.492. The Kier molecular flexibility index (Phi) is 7.37. The molecule has 1 amide bonds. The molecule has 0 spiro atoms. The number of hydrogen-bond acceptors (Lipinski definition) is 4. The first-order valence-corrected chi connectivity index (χ1v) is 9.93. The molecule has 0 aliphatic carbocycles. The van der Waals surface area contributed by atoms with Gasteiger partial charge in [-0.05, 0) is 74.9 Å². The first-order chi connectivity index (χ1) is 11.7. The lowest BCUT2D eigenvalue weighted by molar-refractivity contribution is 0.00105. The number of carbonyl (C=O) groups excluding carboxylic acids is 1. The van der Waals surface area contributed by atoms with E-state index in [0.29, 0.717) is 13.2 Å². The molecule has 25 heavy (non-hydrogen) atoms. The van der Waals surface area contributed by atoms with E-state index < -0.39 is 5.60 Å². The lowest BCUT2D eigenvalue weighted by atomic mass is 10.2. The Labute approximate surface area is 164 Å². The van der Waals surface area contributed by atoms with Crippen molar-refractivity contribution in [2.24, 2.45) is 0 Å². The molecule has 0 bridgehead atoms. The van der Waals surface area contributed by atoms with Crippen molar-refractivity contribution in [2.75, 3.05) is 32.8 Å². The van der Waals surface area contributed by atoms with Crippen LogP contribution in [0.25, 0.3) is 0 Å². The molecule has 6 heteroatoms. The minimum absolute atomic E-state index is 0.167. The van der Waals surface area contributed by atoms with Crippen molar-refractivity contribution in [3.05, 3.63) is 27.8 Å². The summed E-state index contributed by atoms with van der Waals surface area (Å²) < 4.78 is 12.5. The maximum Gasteiger partial charge on any atom is 0.410 e. The first-order valence-electron chi connectivity index (χ1n) is 8.85. The Hall–Kier alpha value is -1.02. The van der Waals surface area contributed by atoms with Crippen LogP contribution in [0.2, 0.25) is 0 Å². The summed E-state index contributed by atoms with van der Waals surface area (Å²) in [6, 6.07) is 8.26. The van der Waals surface area contributed by atoms with E-state index in [9.17, 15) is 4.79 Å². The van der Waals surface area contributed by atoms with E-state index in [-0.39, 0.29) is 12.1 Å². The van der Waals surface area contributed by atoms with Gasteiger partial charge in [-0.1, -0.05) is 6.07 Å². The van der Waals surface area contributed by atoms with Crippen LogP contribution in [0.1, 0.15) is 34.1 Å². The molecule has 1 fully saturated rings. The first kappa shape index (κ1) is 20.3. The molecule has 0 N–H and O–H groups in total. The molecule has 0 radical (unpaired) electrons. The molecule has 140 valence electrons. The SMILES string of the molecule is C[C@H]1CN(CCCOc2cccc(I)c2)CCN1C(=O)OC(C)(C)C. The van der Waals surface area contributed by atoms with Gasteiger partial charge in [-0.15, -0.1) is 0 Å². The molecular formula is C19H29IN2O3. The summed E-state index contributed by atoms with van der Waals surface area (Å²) >= 11 is 2.29. The summed E-state index contributed by atoms with van der Waals surface area (Å²) in [5, 5.41) is 0. The lowest BCUT2D eigenvalue weighted by Gasteiger charge is -2.40. The van der Waals surface area contributed by atoms with E-state index in [0.717, 1.165) is 31.8 Å². The third-order valence-corrected chi connectivity index (χ3v) is 4.69. The highest BCUT2D eigenvalue weighted by atomic mass is 127. The number of carbonyl (C=O) groups is 1. The summed E-state index contributed by atoms with van der Waals surface area (Å²) in [7, 11) is 0. The molecule has 1 saturated heterocycles. The topological polar surface area (TPSA) is 42.0 Å². The molecular weight excluding hydrogens is 431 g/mol. The third kappa shape index (κ3) is 7.01. The van der Waals surface area contributed by atoms with Crippen LogP contribution in [0.3, 0.4) is 0 Å². The number of halogens is 1. The van der Waals surface area contributed by atoms with Crippen molar-refractivity contribution in [3.8, 4) is 5.75 Å². The largest absolute Gasteiger partial charge is 0.494 e. The van der Waals surface area contributed by atoms with Crippen LogP contribution >= 0.6 is 22.6 Å². The van der Waals surface area contributed by atoms with Gasteiger partial charge in [0.2, 0.25) is 0 Å². The summed E-state index contributed by atoms with van der Waals surface area (Å²) in [5.41, 5.74) is -0.444. The number of piperazine rings is 1. The minimum atomic E-state index is -0.444. The zero-order valence-corrected chi connectivity index (χ0v) is 17.8. The monoisotopic (exact) mass is 460 g/mol. The van der Waals surface area contributed by atoms with E-state index in [1.807, 2.05) is 43.9 Å². The second kappa shape index (κ2) is 9.07. The maximum absolute atomic E-state index is 12.2. The van der Waals surface area contributed by atoms with Crippen molar-refractivity contribution in [2.45, 2.75) is 45.8 Å². The Bertz CT molecular complexity index is 574. The molecule has 0 aromatic heterocycles. The van der Waals surface area contributed by atoms with E-state index in [4.69, 9.17) is 9.47 Å². The highest BCUT2D eigenvalue weighted by molar-refractivity contribution is 14.1. The Morgan fingerprint density at radius 3 is 2.72 bits per heavy atom. The summed E-state index contributed by atoms with van der Waals surface area (Å²) in [6.07, 6.45) is 0.770. The average molecular weight is 460 g/mol. The van der Waals surface area contributed by atoms with Gasteiger partial charge in [0.05, 0.1) is 6.61 Å².